The minimum atomic E-state index is -0.549. The van der Waals surface area contributed by atoms with Crippen LogP contribution in [0.1, 0.15) is 33.2 Å². The number of ketones is 1. The molecule has 1 amide bonds. The van der Waals surface area contributed by atoms with E-state index in [-0.39, 0.29) is 12.4 Å². The van der Waals surface area contributed by atoms with Gasteiger partial charge in [0.2, 0.25) is 0 Å². The van der Waals surface area contributed by atoms with E-state index >= 15 is 0 Å². The van der Waals surface area contributed by atoms with Gasteiger partial charge in [0.15, 0.2) is 12.4 Å². The number of hydrogen-bond donors (Lipinski definition) is 1. The number of benzene rings is 2. The van der Waals surface area contributed by atoms with Gasteiger partial charge in [-0.25, -0.2) is 4.79 Å². The van der Waals surface area contributed by atoms with Gasteiger partial charge in [0, 0.05) is 11.3 Å². The van der Waals surface area contributed by atoms with Gasteiger partial charge in [0.25, 0.3) is 5.91 Å². The summed E-state index contributed by atoms with van der Waals surface area (Å²) in [6.07, 6.45) is 0. The number of nitrogens with one attached hydrogen (secondary N) is 1. The Balaban J connectivity index is 1.86. The first-order chi connectivity index (χ1) is 11.0. The summed E-state index contributed by atoms with van der Waals surface area (Å²) in [5.74, 6) is -1.04. The molecule has 2 aromatic carbocycles. The average Bonchev–Trinajstić information content (AvgIpc) is 2.54. The number of esters is 1. The summed E-state index contributed by atoms with van der Waals surface area (Å²) in [5.41, 5.74) is 2.53. The van der Waals surface area contributed by atoms with Gasteiger partial charge in [-0.1, -0.05) is 17.7 Å². The minimum absolute atomic E-state index is 0.0464. The summed E-state index contributed by atoms with van der Waals surface area (Å²) in [6, 6.07) is 13.4. The molecule has 0 unspecified atom stereocenters. The van der Waals surface area contributed by atoms with E-state index in [1.807, 2.05) is 6.92 Å². The molecule has 0 bridgehead atoms. The molecule has 0 aliphatic heterocycles. The third-order valence-electron chi connectivity index (χ3n) is 3.20. The number of hydrogen-bond acceptors (Lipinski definition) is 4. The lowest BCUT2D eigenvalue weighted by atomic mass is 10.1. The van der Waals surface area contributed by atoms with E-state index in [0.717, 1.165) is 5.56 Å². The van der Waals surface area contributed by atoms with E-state index in [9.17, 15) is 14.4 Å². The molecule has 5 heteroatoms. The van der Waals surface area contributed by atoms with Crippen LogP contribution in [0.15, 0.2) is 48.5 Å². The van der Waals surface area contributed by atoms with Crippen LogP contribution in [-0.4, -0.2) is 24.3 Å². The fourth-order valence-corrected chi connectivity index (χ4v) is 1.89. The summed E-state index contributed by atoms with van der Waals surface area (Å²) in [7, 11) is 0. The Hall–Kier alpha value is -2.95. The summed E-state index contributed by atoms with van der Waals surface area (Å²) in [6.45, 7) is 3.01. The number of carbonyl (C=O) groups is 3. The van der Waals surface area contributed by atoms with Gasteiger partial charge >= 0.3 is 5.97 Å². The largest absolute Gasteiger partial charge is 0.452 e. The fraction of sp³-hybridized carbons (Fsp3) is 0.167. The van der Waals surface area contributed by atoms with E-state index in [1.165, 1.54) is 6.92 Å². The lowest BCUT2D eigenvalue weighted by Gasteiger charge is -2.07. The van der Waals surface area contributed by atoms with Crippen molar-refractivity contribution in [2.75, 3.05) is 11.9 Å². The topological polar surface area (TPSA) is 72.5 Å². The van der Waals surface area contributed by atoms with E-state index in [4.69, 9.17) is 4.74 Å². The highest BCUT2D eigenvalue weighted by atomic mass is 16.5. The number of Topliss-reactive ketones (excluding diaryl/α,β-unsaturated/α-hetero) is 1. The molecule has 5 nitrogen and oxygen atoms in total. The van der Waals surface area contributed by atoms with Gasteiger partial charge in [-0.05, 0) is 50.2 Å². The van der Waals surface area contributed by atoms with Crippen molar-refractivity contribution < 1.29 is 19.1 Å². The molecule has 0 saturated carbocycles. The van der Waals surface area contributed by atoms with Crippen LogP contribution in [0, 0.1) is 6.92 Å². The Kier molecular flexibility index (Phi) is 5.25. The van der Waals surface area contributed by atoms with Crippen LogP contribution in [-0.2, 0) is 9.53 Å². The van der Waals surface area contributed by atoms with Crippen molar-refractivity contribution in [1.82, 2.24) is 0 Å². The van der Waals surface area contributed by atoms with Crippen molar-refractivity contribution in [3.05, 3.63) is 65.2 Å². The molecule has 0 aliphatic rings. The summed E-state index contributed by atoms with van der Waals surface area (Å²) in [5, 5.41) is 2.60. The number of carbonyl (C=O) groups excluding carboxylic acids is 3. The highest BCUT2D eigenvalue weighted by molar-refractivity contribution is 5.97. The van der Waals surface area contributed by atoms with Crippen LogP contribution < -0.4 is 5.32 Å². The van der Waals surface area contributed by atoms with Gasteiger partial charge in [0.05, 0.1) is 5.56 Å². The van der Waals surface area contributed by atoms with E-state index in [2.05, 4.69) is 5.32 Å². The summed E-state index contributed by atoms with van der Waals surface area (Å²) >= 11 is 0. The maximum Gasteiger partial charge on any atom is 0.338 e. The quantitative estimate of drug-likeness (QED) is 0.680. The van der Waals surface area contributed by atoms with Crippen LogP contribution in [0.5, 0.6) is 0 Å². The highest BCUT2D eigenvalue weighted by Crippen LogP contribution is 2.10. The van der Waals surface area contributed by atoms with Crippen molar-refractivity contribution in [2.24, 2.45) is 0 Å². The number of ether oxygens (including phenoxy) is 1. The molecule has 23 heavy (non-hydrogen) atoms. The second-order valence-corrected chi connectivity index (χ2v) is 5.12. The summed E-state index contributed by atoms with van der Waals surface area (Å²) in [4.78, 5) is 34.7. The molecule has 2 aromatic rings. The van der Waals surface area contributed by atoms with Crippen molar-refractivity contribution >= 4 is 23.3 Å². The van der Waals surface area contributed by atoms with Crippen molar-refractivity contribution in [2.45, 2.75) is 13.8 Å². The van der Waals surface area contributed by atoms with Crippen LogP contribution in [0.4, 0.5) is 5.69 Å². The Morgan fingerprint density at radius 3 is 2.04 bits per heavy atom. The Morgan fingerprint density at radius 2 is 1.48 bits per heavy atom. The predicted molar refractivity (Wildman–Crippen MR) is 86.5 cm³/mol. The van der Waals surface area contributed by atoms with Gasteiger partial charge < -0.3 is 10.1 Å². The molecule has 0 saturated heterocycles. The maximum atomic E-state index is 11.8. The van der Waals surface area contributed by atoms with Gasteiger partial charge in [-0.15, -0.1) is 0 Å². The van der Waals surface area contributed by atoms with Crippen LogP contribution >= 0.6 is 0 Å². The standard InChI is InChI=1S/C18H17NO4/c1-12-3-5-15(6-4-12)18(22)23-11-17(21)19-16-9-7-14(8-10-16)13(2)20/h3-10H,11H2,1-2H3,(H,19,21). The van der Waals surface area contributed by atoms with Gasteiger partial charge in [0.1, 0.15) is 0 Å². The zero-order chi connectivity index (χ0) is 16.8. The number of amides is 1. The van der Waals surface area contributed by atoms with Crippen LogP contribution in [0.3, 0.4) is 0 Å². The third kappa shape index (κ3) is 4.78. The lowest BCUT2D eigenvalue weighted by Crippen LogP contribution is -2.20. The number of anilines is 1. The van der Waals surface area contributed by atoms with Crippen molar-refractivity contribution in [3.8, 4) is 0 Å². The molecule has 0 spiro atoms. The molecule has 2 rings (SSSR count). The first kappa shape index (κ1) is 16.4. The van der Waals surface area contributed by atoms with Crippen molar-refractivity contribution in [1.29, 1.82) is 0 Å². The molecule has 1 N–H and O–H groups in total. The van der Waals surface area contributed by atoms with E-state index in [0.29, 0.717) is 16.8 Å². The molecule has 118 valence electrons. The SMILES string of the molecule is CC(=O)c1ccc(NC(=O)COC(=O)c2ccc(C)cc2)cc1. The summed E-state index contributed by atoms with van der Waals surface area (Å²) < 4.78 is 4.96. The maximum absolute atomic E-state index is 11.8. The first-order valence-electron chi connectivity index (χ1n) is 7.10. The zero-order valence-corrected chi connectivity index (χ0v) is 13.0. The Bertz CT molecular complexity index is 718. The molecule has 0 aliphatic carbocycles. The predicted octanol–water partition coefficient (Wildman–Crippen LogP) is 2.99. The Morgan fingerprint density at radius 1 is 0.913 bits per heavy atom. The third-order valence-corrected chi connectivity index (χ3v) is 3.20. The van der Waals surface area contributed by atoms with Crippen LogP contribution in [0.25, 0.3) is 0 Å². The van der Waals surface area contributed by atoms with Crippen molar-refractivity contribution in [3.63, 3.8) is 0 Å². The average molecular weight is 311 g/mol. The molecular formula is C18H17NO4. The fourth-order valence-electron chi connectivity index (χ4n) is 1.89. The lowest BCUT2D eigenvalue weighted by molar-refractivity contribution is -0.119. The second-order valence-electron chi connectivity index (χ2n) is 5.12. The van der Waals surface area contributed by atoms with E-state index < -0.39 is 11.9 Å². The molecule has 0 fully saturated rings. The molecule has 0 atom stereocenters. The number of aryl methyl sites for hydroxylation is 1. The second kappa shape index (κ2) is 7.35. The van der Waals surface area contributed by atoms with Crippen LogP contribution in [0.2, 0.25) is 0 Å². The first-order valence-corrected chi connectivity index (χ1v) is 7.10. The zero-order valence-electron chi connectivity index (χ0n) is 13.0. The monoisotopic (exact) mass is 311 g/mol. The van der Waals surface area contributed by atoms with Gasteiger partial charge in [-0.2, -0.15) is 0 Å². The highest BCUT2D eigenvalue weighted by Gasteiger charge is 2.10. The van der Waals surface area contributed by atoms with E-state index in [1.54, 1.807) is 48.5 Å². The Labute approximate surface area is 134 Å². The molecule has 0 aromatic heterocycles. The number of rotatable bonds is 5. The minimum Gasteiger partial charge on any atom is -0.452 e. The molecular weight excluding hydrogens is 294 g/mol. The molecule has 0 heterocycles. The smallest absolute Gasteiger partial charge is 0.338 e. The van der Waals surface area contributed by atoms with Gasteiger partial charge in [-0.3, -0.25) is 9.59 Å². The molecule has 0 radical (unpaired) electrons. The normalized spacial score (nSPS) is 10.0.